The number of rotatable bonds is 3. The molecule has 9 heteroatoms. The molecule has 0 atom stereocenters. The van der Waals surface area contributed by atoms with Crippen LogP contribution in [0, 0.1) is 6.92 Å². The van der Waals surface area contributed by atoms with Gasteiger partial charge in [-0.2, -0.15) is 9.61 Å². The van der Waals surface area contributed by atoms with Gasteiger partial charge in [0, 0.05) is 50.4 Å². The highest BCUT2D eigenvalue weighted by molar-refractivity contribution is 5.65. The van der Waals surface area contributed by atoms with E-state index in [9.17, 15) is 0 Å². The van der Waals surface area contributed by atoms with Gasteiger partial charge in [-0.25, -0.2) is 9.97 Å². The molecule has 0 aliphatic carbocycles. The lowest BCUT2D eigenvalue weighted by Crippen LogP contribution is -2.59. The number of aromatic nitrogens is 7. The third kappa shape index (κ3) is 2.12. The Labute approximate surface area is 143 Å². The minimum absolute atomic E-state index is 0.374. The largest absolute Gasteiger partial charge is 0.353 e. The fraction of sp³-hybridized carbons (Fsp3) is 0.312. The van der Waals surface area contributed by atoms with Gasteiger partial charge in [-0.1, -0.05) is 0 Å². The second kappa shape index (κ2) is 5.13. The molecular weight excluding hydrogens is 318 g/mol. The van der Waals surface area contributed by atoms with Gasteiger partial charge < -0.3 is 9.80 Å². The van der Waals surface area contributed by atoms with E-state index in [0.29, 0.717) is 6.04 Å². The van der Waals surface area contributed by atoms with Crippen LogP contribution in [0.25, 0.3) is 11.3 Å². The molecule has 0 bridgehead atoms. The highest BCUT2D eigenvalue weighted by Gasteiger charge is 2.33. The van der Waals surface area contributed by atoms with Crippen LogP contribution in [0.5, 0.6) is 0 Å². The Bertz CT molecular complexity index is 1060. The van der Waals surface area contributed by atoms with E-state index in [2.05, 4.69) is 48.2 Å². The van der Waals surface area contributed by atoms with E-state index >= 15 is 0 Å². The van der Waals surface area contributed by atoms with Crippen LogP contribution in [0.1, 0.15) is 5.69 Å². The molecule has 126 valence electrons. The van der Waals surface area contributed by atoms with Crippen LogP contribution < -0.4 is 9.80 Å². The summed E-state index contributed by atoms with van der Waals surface area (Å²) in [4.78, 5) is 13.5. The Morgan fingerprint density at radius 1 is 1.24 bits per heavy atom. The molecule has 5 rings (SSSR count). The summed E-state index contributed by atoms with van der Waals surface area (Å²) in [7, 11) is 2.10. The number of hydrogen-bond donors (Lipinski definition) is 0. The lowest BCUT2D eigenvalue weighted by molar-refractivity contribution is 0.487. The molecule has 0 saturated carbocycles. The quantitative estimate of drug-likeness (QED) is 0.548. The average Bonchev–Trinajstić information content (AvgIpc) is 3.21. The molecule has 5 heterocycles. The fourth-order valence-corrected chi connectivity index (χ4v) is 3.30. The molecule has 1 aliphatic heterocycles. The van der Waals surface area contributed by atoms with Gasteiger partial charge in [0.2, 0.25) is 5.65 Å². The first-order valence-corrected chi connectivity index (χ1v) is 8.14. The van der Waals surface area contributed by atoms with Crippen LogP contribution in [-0.4, -0.2) is 60.4 Å². The topological polar surface area (TPSA) is 79.8 Å². The number of anilines is 2. The number of aryl methyl sites for hydroxylation is 1. The molecule has 0 spiro atoms. The van der Waals surface area contributed by atoms with E-state index in [1.165, 1.54) is 0 Å². The predicted molar refractivity (Wildman–Crippen MR) is 92.9 cm³/mol. The molecule has 4 aromatic rings. The first-order valence-electron chi connectivity index (χ1n) is 8.14. The lowest BCUT2D eigenvalue weighted by atomic mass is 10.1. The van der Waals surface area contributed by atoms with Crippen molar-refractivity contribution in [3.05, 3.63) is 42.7 Å². The van der Waals surface area contributed by atoms with Crippen molar-refractivity contribution in [1.82, 2.24) is 34.2 Å². The van der Waals surface area contributed by atoms with Crippen molar-refractivity contribution in [2.45, 2.75) is 13.0 Å². The molecule has 0 radical (unpaired) electrons. The van der Waals surface area contributed by atoms with Crippen LogP contribution in [-0.2, 0) is 0 Å². The summed E-state index contributed by atoms with van der Waals surface area (Å²) in [5.41, 5.74) is 2.65. The highest BCUT2D eigenvalue weighted by atomic mass is 15.4. The number of likely N-dealkylation sites (N-methyl/N-ethyl adjacent to an activating group) is 1. The van der Waals surface area contributed by atoms with E-state index in [1.54, 1.807) is 18.7 Å². The van der Waals surface area contributed by atoms with E-state index in [-0.39, 0.29) is 0 Å². The van der Waals surface area contributed by atoms with Gasteiger partial charge in [-0.15, -0.1) is 10.2 Å². The summed E-state index contributed by atoms with van der Waals surface area (Å²) in [6.07, 6.45) is 7.11. The van der Waals surface area contributed by atoms with Gasteiger partial charge in [0.1, 0.15) is 12.1 Å². The molecule has 1 saturated heterocycles. The van der Waals surface area contributed by atoms with Crippen molar-refractivity contribution in [3.8, 4) is 0 Å². The van der Waals surface area contributed by atoms with Crippen LogP contribution in [0.3, 0.4) is 0 Å². The smallest absolute Gasteiger partial charge is 0.203 e. The standard InChI is InChI=1S/C16H17N9/c1-11-7-14(25-13(20-11)3-4-19-25)22(2)12-8-24(9-12)15-16-21-18-10-23(16)6-5-17-15/h3-7,10,12H,8-9H2,1-2H3. The number of hydrogen-bond acceptors (Lipinski definition) is 7. The monoisotopic (exact) mass is 335 g/mol. The van der Waals surface area contributed by atoms with E-state index in [0.717, 1.165) is 41.7 Å². The minimum Gasteiger partial charge on any atom is -0.353 e. The number of fused-ring (bicyclic) bond motifs is 2. The van der Waals surface area contributed by atoms with Crippen molar-refractivity contribution in [2.24, 2.45) is 0 Å². The maximum absolute atomic E-state index is 4.51. The molecular formula is C16H17N9. The normalized spacial score (nSPS) is 15.0. The summed E-state index contributed by atoms with van der Waals surface area (Å²) in [5.74, 6) is 1.92. The van der Waals surface area contributed by atoms with E-state index < -0.39 is 0 Å². The van der Waals surface area contributed by atoms with E-state index in [4.69, 9.17) is 0 Å². The molecule has 0 unspecified atom stereocenters. The molecule has 0 amide bonds. The van der Waals surface area contributed by atoms with Crippen LogP contribution >= 0.6 is 0 Å². The Balaban J connectivity index is 1.41. The third-order valence-electron chi connectivity index (χ3n) is 4.74. The maximum atomic E-state index is 4.51. The molecule has 4 aromatic heterocycles. The zero-order valence-corrected chi connectivity index (χ0v) is 14.0. The Morgan fingerprint density at radius 2 is 2.12 bits per heavy atom. The first-order chi connectivity index (χ1) is 12.2. The van der Waals surface area contributed by atoms with Gasteiger partial charge in [0.05, 0.1) is 12.2 Å². The van der Waals surface area contributed by atoms with Gasteiger partial charge in [0.25, 0.3) is 0 Å². The van der Waals surface area contributed by atoms with Crippen molar-refractivity contribution in [1.29, 1.82) is 0 Å². The summed E-state index contributed by atoms with van der Waals surface area (Å²) < 4.78 is 3.77. The molecule has 9 nitrogen and oxygen atoms in total. The van der Waals surface area contributed by atoms with Crippen LogP contribution in [0.2, 0.25) is 0 Å². The summed E-state index contributed by atoms with van der Waals surface area (Å²) >= 11 is 0. The Morgan fingerprint density at radius 3 is 3.00 bits per heavy atom. The average molecular weight is 335 g/mol. The zero-order valence-electron chi connectivity index (χ0n) is 14.0. The van der Waals surface area contributed by atoms with Gasteiger partial charge >= 0.3 is 0 Å². The number of nitrogens with zero attached hydrogens (tertiary/aromatic N) is 9. The minimum atomic E-state index is 0.374. The Hall–Kier alpha value is -3.23. The zero-order chi connectivity index (χ0) is 17.0. The van der Waals surface area contributed by atoms with Gasteiger partial charge in [-0.3, -0.25) is 4.40 Å². The molecule has 0 N–H and O–H groups in total. The van der Waals surface area contributed by atoms with Crippen LogP contribution in [0.15, 0.2) is 37.1 Å². The summed E-state index contributed by atoms with van der Waals surface area (Å²) in [6.45, 7) is 3.76. The van der Waals surface area contributed by atoms with E-state index in [1.807, 2.05) is 28.1 Å². The fourth-order valence-electron chi connectivity index (χ4n) is 3.30. The Kier molecular flexibility index (Phi) is 2.90. The predicted octanol–water partition coefficient (Wildman–Crippen LogP) is 0.800. The van der Waals surface area contributed by atoms with Crippen molar-refractivity contribution in [3.63, 3.8) is 0 Å². The van der Waals surface area contributed by atoms with Gasteiger partial charge in [0.15, 0.2) is 11.5 Å². The molecule has 25 heavy (non-hydrogen) atoms. The second-order valence-corrected chi connectivity index (χ2v) is 6.34. The SMILES string of the molecule is Cc1cc(N(C)C2CN(c3nccn4cnnc34)C2)n2nccc2n1. The second-order valence-electron chi connectivity index (χ2n) is 6.34. The van der Waals surface area contributed by atoms with Crippen molar-refractivity contribution in [2.75, 3.05) is 29.9 Å². The van der Waals surface area contributed by atoms with Gasteiger partial charge in [-0.05, 0) is 6.92 Å². The highest BCUT2D eigenvalue weighted by Crippen LogP contribution is 2.27. The maximum Gasteiger partial charge on any atom is 0.203 e. The summed E-state index contributed by atoms with van der Waals surface area (Å²) in [5, 5.41) is 12.5. The van der Waals surface area contributed by atoms with Crippen molar-refractivity contribution < 1.29 is 0 Å². The molecule has 1 aliphatic rings. The molecule has 0 aromatic carbocycles. The first kappa shape index (κ1) is 14.1. The third-order valence-corrected chi connectivity index (χ3v) is 4.74. The lowest BCUT2D eigenvalue weighted by Gasteiger charge is -2.45. The van der Waals surface area contributed by atoms with Crippen LogP contribution in [0.4, 0.5) is 11.6 Å². The molecule has 1 fully saturated rings. The summed E-state index contributed by atoms with van der Waals surface area (Å²) in [6, 6.07) is 4.37. The van der Waals surface area contributed by atoms with Crippen molar-refractivity contribution >= 4 is 22.9 Å².